The lowest BCUT2D eigenvalue weighted by molar-refractivity contribution is -0.168. The van der Waals surface area contributed by atoms with Crippen LogP contribution in [0.1, 0.15) is 12.8 Å². The van der Waals surface area contributed by atoms with Crippen molar-refractivity contribution in [2.24, 2.45) is 0 Å². The van der Waals surface area contributed by atoms with Gasteiger partial charge in [-0.2, -0.15) is 0 Å². The van der Waals surface area contributed by atoms with E-state index in [4.69, 9.17) is 0 Å². The van der Waals surface area contributed by atoms with Crippen molar-refractivity contribution in [3.63, 3.8) is 0 Å². The molecule has 0 radical (unpaired) electrons. The first-order chi connectivity index (χ1) is 5.29. The Hall–Kier alpha value is -1.06. The van der Waals surface area contributed by atoms with E-state index in [1.165, 1.54) is 0 Å². The van der Waals surface area contributed by atoms with Crippen molar-refractivity contribution in [3.8, 4) is 0 Å². The fraction of sp³-hybridized carbons (Fsp3) is 0.714. The quantitative estimate of drug-likeness (QED) is 0.351. The smallest absolute Gasteiger partial charge is 0.397 e. The molecule has 60 valence electrons. The molecule has 0 saturated carbocycles. The third-order valence-electron chi connectivity index (χ3n) is 2.22. The van der Waals surface area contributed by atoms with Gasteiger partial charge < -0.3 is 9.64 Å². The average molecular weight is 155 g/mol. The van der Waals surface area contributed by atoms with Crippen molar-refractivity contribution >= 4 is 11.9 Å². The first-order valence-corrected chi connectivity index (χ1v) is 3.77. The van der Waals surface area contributed by atoms with Crippen LogP contribution in [0.2, 0.25) is 0 Å². The fourth-order valence-electron chi connectivity index (χ4n) is 1.63. The minimum atomic E-state index is -0.692. The van der Waals surface area contributed by atoms with E-state index >= 15 is 0 Å². The zero-order chi connectivity index (χ0) is 7.84. The first-order valence-electron chi connectivity index (χ1n) is 3.77. The van der Waals surface area contributed by atoms with Crippen molar-refractivity contribution in [1.29, 1.82) is 0 Å². The molecule has 1 unspecified atom stereocenters. The highest BCUT2D eigenvalue weighted by molar-refractivity contribution is 6.32. The molecule has 4 heteroatoms. The lowest BCUT2D eigenvalue weighted by Crippen LogP contribution is -2.48. The molecule has 2 fully saturated rings. The maximum absolute atomic E-state index is 11.1. The minimum absolute atomic E-state index is 0.167. The van der Waals surface area contributed by atoms with Gasteiger partial charge in [-0.25, -0.2) is 4.79 Å². The molecule has 4 nitrogen and oxygen atoms in total. The van der Waals surface area contributed by atoms with Gasteiger partial charge in [0.15, 0.2) is 0 Å². The SMILES string of the molecule is O=C1OCC2CCCN2C1=O. The van der Waals surface area contributed by atoms with Crippen LogP contribution in [0, 0.1) is 0 Å². The molecular weight excluding hydrogens is 146 g/mol. The average Bonchev–Trinajstić information content (AvgIpc) is 2.45. The first kappa shape index (κ1) is 6.64. The Balaban J connectivity index is 2.18. The summed E-state index contributed by atoms with van der Waals surface area (Å²) in [6.45, 7) is 1.11. The zero-order valence-electron chi connectivity index (χ0n) is 6.08. The number of fused-ring (bicyclic) bond motifs is 1. The van der Waals surface area contributed by atoms with E-state index in [2.05, 4.69) is 4.74 Å². The second-order valence-corrected chi connectivity index (χ2v) is 2.89. The van der Waals surface area contributed by atoms with Crippen LogP contribution in [0.3, 0.4) is 0 Å². The van der Waals surface area contributed by atoms with Gasteiger partial charge in [-0.05, 0) is 12.8 Å². The number of nitrogens with zero attached hydrogens (tertiary/aromatic N) is 1. The molecule has 11 heavy (non-hydrogen) atoms. The molecule has 0 aliphatic carbocycles. The Morgan fingerprint density at radius 2 is 2.27 bits per heavy atom. The number of ether oxygens (including phenoxy) is 1. The van der Waals surface area contributed by atoms with Gasteiger partial charge in [0.25, 0.3) is 0 Å². The number of hydrogen-bond acceptors (Lipinski definition) is 3. The van der Waals surface area contributed by atoms with E-state index in [0.29, 0.717) is 6.61 Å². The molecule has 2 rings (SSSR count). The second-order valence-electron chi connectivity index (χ2n) is 2.89. The molecule has 0 aromatic rings. The van der Waals surface area contributed by atoms with Gasteiger partial charge in [0.05, 0.1) is 6.04 Å². The van der Waals surface area contributed by atoms with Gasteiger partial charge in [0.1, 0.15) is 6.61 Å². The summed E-state index contributed by atoms with van der Waals surface area (Å²) in [5, 5.41) is 0. The summed E-state index contributed by atoms with van der Waals surface area (Å²) in [5.41, 5.74) is 0. The molecule has 0 aromatic heterocycles. The highest BCUT2D eigenvalue weighted by Gasteiger charge is 2.38. The number of carbonyl (C=O) groups is 2. The predicted molar refractivity (Wildman–Crippen MR) is 35.7 cm³/mol. The highest BCUT2D eigenvalue weighted by atomic mass is 16.5. The number of hydrogen-bond donors (Lipinski definition) is 0. The Bertz CT molecular complexity index is 214. The molecule has 1 atom stereocenters. The Labute approximate surface area is 64.1 Å². The van der Waals surface area contributed by atoms with E-state index in [1.54, 1.807) is 4.90 Å². The molecule has 1 amide bonds. The lowest BCUT2D eigenvalue weighted by Gasteiger charge is -2.27. The van der Waals surface area contributed by atoms with E-state index in [9.17, 15) is 9.59 Å². The third kappa shape index (κ3) is 0.895. The predicted octanol–water partition coefficient (Wildman–Crippen LogP) is -0.466. The lowest BCUT2D eigenvalue weighted by atomic mass is 10.2. The summed E-state index contributed by atoms with van der Waals surface area (Å²) < 4.78 is 4.67. The number of morpholine rings is 1. The summed E-state index contributed by atoms with van der Waals surface area (Å²) in [4.78, 5) is 23.4. The van der Waals surface area contributed by atoms with Crippen molar-refractivity contribution in [3.05, 3.63) is 0 Å². The van der Waals surface area contributed by atoms with Crippen LogP contribution in [0.4, 0.5) is 0 Å². The van der Waals surface area contributed by atoms with Crippen LogP contribution in [-0.4, -0.2) is 36.0 Å². The van der Waals surface area contributed by atoms with Gasteiger partial charge >= 0.3 is 11.9 Å². The molecule has 0 aromatic carbocycles. The van der Waals surface area contributed by atoms with E-state index in [1.807, 2.05) is 0 Å². The topological polar surface area (TPSA) is 46.6 Å². The molecule has 0 bridgehead atoms. The summed E-state index contributed by atoms with van der Waals surface area (Å²) in [5.74, 6) is -1.15. The second kappa shape index (κ2) is 2.22. The van der Waals surface area contributed by atoms with E-state index in [0.717, 1.165) is 19.4 Å². The maximum atomic E-state index is 11.1. The van der Waals surface area contributed by atoms with Gasteiger partial charge in [-0.15, -0.1) is 0 Å². The Kier molecular flexibility index (Phi) is 1.34. The molecule has 0 N–H and O–H groups in total. The van der Waals surface area contributed by atoms with Gasteiger partial charge in [0, 0.05) is 6.54 Å². The normalized spacial score (nSPS) is 30.2. The summed E-state index contributed by atoms with van der Waals surface area (Å²) in [6.07, 6.45) is 1.96. The minimum Gasteiger partial charge on any atom is -0.456 e. The van der Waals surface area contributed by atoms with E-state index < -0.39 is 11.9 Å². The van der Waals surface area contributed by atoms with Crippen molar-refractivity contribution < 1.29 is 14.3 Å². The number of esters is 1. The third-order valence-corrected chi connectivity index (χ3v) is 2.22. The molecule has 2 aliphatic rings. The molecule has 0 spiro atoms. The monoisotopic (exact) mass is 155 g/mol. The summed E-state index contributed by atoms with van der Waals surface area (Å²) in [6, 6.07) is 0.167. The van der Waals surface area contributed by atoms with Crippen molar-refractivity contribution in [2.45, 2.75) is 18.9 Å². The van der Waals surface area contributed by atoms with Crippen LogP contribution in [0.15, 0.2) is 0 Å². The molecule has 2 heterocycles. The number of cyclic esters (lactones) is 1. The molecule has 2 saturated heterocycles. The van der Waals surface area contributed by atoms with Crippen LogP contribution in [-0.2, 0) is 14.3 Å². The zero-order valence-corrected chi connectivity index (χ0v) is 6.08. The van der Waals surface area contributed by atoms with Crippen molar-refractivity contribution in [1.82, 2.24) is 4.90 Å². The summed E-state index contributed by atoms with van der Waals surface area (Å²) >= 11 is 0. The van der Waals surface area contributed by atoms with Crippen molar-refractivity contribution in [2.75, 3.05) is 13.2 Å². The number of rotatable bonds is 0. The summed E-state index contributed by atoms with van der Waals surface area (Å²) in [7, 11) is 0. The molecular formula is C7H9NO3. The largest absolute Gasteiger partial charge is 0.456 e. The maximum Gasteiger partial charge on any atom is 0.397 e. The Morgan fingerprint density at radius 1 is 1.45 bits per heavy atom. The fourth-order valence-corrected chi connectivity index (χ4v) is 1.63. The molecule has 2 aliphatic heterocycles. The van der Waals surface area contributed by atoms with Gasteiger partial charge in [-0.1, -0.05) is 0 Å². The number of carbonyl (C=O) groups excluding carboxylic acids is 2. The van der Waals surface area contributed by atoms with Gasteiger partial charge in [0.2, 0.25) is 0 Å². The van der Waals surface area contributed by atoms with Crippen LogP contribution in [0.5, 0.6) is 0 Å². The standard InChI is InChI=1S/C7H9NO3/c9-6-7(10)11-4-5-2-1-3-8(5)6/h5H,1-4H2. The number of amides is 1. The van der Waals surface area contributed by atoms with Crippen LogP contribution >= 0.6 is 0 Å². The Morgan fingerprint density at radius 3 is 3.09 bits per heavy atom. The highest BCUT2D eigenvalue weighted by Crippen LogP contribution is 2.20. The van der Waals surface area contributed by atoms with Crippen LogP contribution in [0.25, 0.3) is 0 Å². The van der Waals surface area contributed by atoms with E-state index in [-0.39, 0.29) is 6.04 Å². The van der Waals surface area contributed by atoms with Gasteiger partial charge in [-0.3, -0.25) is 4.79 Å². The van der Waals surface area contributed by atoms with Crippen LogP contribution < -0.4 is 0 Å².